The fraction of sp³-hybridized carbons (Fsp3) is 0.474. The van der Waals surface area contributed by atoms with Crippen LogP contribution in [0.1, 0.15) is 17.7 Å². The average Bonchev–Trinajstić information content (AvgIpc) is 3.07. The number of rotatable bonds is 7. The van der Waals surface area contributed by atoms with Gasteiger partial charge in [-0.3, -0.25) is 4.90 Å². The molecule has 1 aromatic carbocycles. The maximum absolute atomic E-state index is 6.19. The third kappa shape index (κ3) is 6.76. The van der Waals surface area contributed by atoms with Crippen LogP contribution in [-0.4, -0.2) is 44.3 Å². The summed E-state index contributed by atoms with van der Waals surface area (Å²) in [4.78, 5) is 2.46. The molecule has 7 heteroatoms. The molecule has 4 nitrogen and oxygen atoms in total. The molecule has 0 atom stereocenters. The van der Waals surface area contributed by atoms with Gasteiger partial charge in [0.15, 0.2) is 0 Å². The molecule has 2 aromatic rings. The Morgan fingerprint density at radius 3 is 2.62 bits per heavy atom. The molecule has 0 radical (unpaired) electrons. The van der Waals surface area contributed by atoms with Crippen LogP contribution in [-0.2, 0) is 11.3 Å². The summed E-state index contributed by atoms with van der Waals surface area (Å²) in [6, 6.07) is 10.0. The van der Waals surface area contributed by atoms with E-state index in [1.165, 1.54) is 0 Å². The number of aryl methyl sites for hydroxylation is 1. The second-order valence-electron chi connectivity index (χ2n) is 6.21. The minimum absolute atomic E-state index is 0. The quantitative estimate of drug-likeness (QED) is 0.665. The SMILES string of the molecule is Cc1ccc(-c2ccc(CNCCCN3CCOCC3)o2)cc1Cl.Cl.Cl. The van der Waals surface area contributed by atoms with Crippen LogP contribution in [0.15, 0.2) is 34.7 Å². The number of nitrogens with one attached hydrogen (secondary N) is 1. The van der Waals surface area contributed by atoms with Gasteiger partial charge >= 0.3 is 0 Å². The summed E-state index contributed by atoms with van der Waals surface area (Å²) in [6.07, 6.45) is 1.14. The highest BCUT2D eigenvalue weighted by molar-refractivity contribution is 6.31. The molecule has 2 heterocycles. The highest BCUT2D eigenvalue weighted by Crippen LogP contribution is 2.26. The molecule has 0 spiro atoms. The number of benzene rings is 1. The predicted octanol–water partition coefficient (Wildman–Crippen LogP) is 4.56. The summed E-state index contributed by atoms with van der Waals surface area (Å²) in [6.45, 7) is 8.72. The minimum atomic E-state index is 0. The van der Waals surface area contributed by atoms with E-state index < -0.39 is 0 Å². The molecule has 0 unspecified atom stereocenters. The van der Waals surface area contributed by atoms with E-state index in [4.69, 9.17) is 20.8 Å². The van der Waals surface area contributed by atoms with Crippen molar-refractivity contribution in [1.29, 1.82) is 0 Å². The van der Waals surface area contributed by atoms with E-state index in [2.05, 4.69) is 10.2 Å². The zero-order valence-electron chi connectivity index (χ0n) is 15.0. The van der Waals surface area contributed by atoms with Crippen LogP contribution in [0.4, 0.5) is 0 Å². The van der Waals surface area contributed by atoms with Crippen molar-refractivity contribution < 1.29 is 9.15 Å². The summed E-state index contributed by atoms with van der Waals surface area (Å²) < 4.78 is 11.3. The topological polar surface area (TPSA) is 37.6 Å². The number of furan rings is 1. The minimum Gasteiger partial charge on any atom is -0.460 e. The molecular formula is C19H27Cl3N2O2. The van der Waals surface area contributed by atoms with Crippen molar-refractivity contribution in [2.24, 2.45) is 0 Å². The van der Waals surface area contributed by atoms with Gasteiger partial charge in [-0.1, -0.05) is 23.7 Å². The van der Waals surface area contributed by atoms with Crippen LogP contribution in [0, 0.1) is 6.92 Å². The molecule has 1 saturated heterocycles. The average molecular weight is 422 g/mol. The Hall–Kier alpha value is -0.750. The van der Waals surface area contributed by atoms with E-state index in [0.717, 1.165) is 80.0 Å². The van der Waals surface area contributed by atoms with Crippen molar-refractivity contribution >= 4 is 36.4 Å². The Morgan fingerprint density at radius 1 is 1.12 bits per heavy atom. The lowest BCUT2D eigenvalue weighted by atomic mass is 10.1. The lowest BCUT2D eigenvalue weighted by Crippen LogP contribution is -2.37. The van der Waals surface area contributed by atoms with Crippen molar-refractivity contribution in [3.8, 4) is 11.3 Å². The first-order valence-corrected chi connectivity index (χ1v) is 8.96. The standard InChI is InChI=1S/C19H25ClN2O2.2ClH/c1-15-3-4-16(13-18(15)20)19-6-5-17(24-19)14-21-7-2-8-22-9-11-23-12-10-22;;/h3-6,13,21H,2,7-12,14H2,1H3;2*1H. The van der Waals surface area contributed by atoms with E-state index in [0.29, 0.717) is 0 Å². The number of nitrogens with zero attached hydrogens (tertiary/aromatic N) is 1. The molecule has 1 aromatic heterocycles. The zero-order valence-corrected chi connectivity index (χ0v) is 17.4. The van der Waals surface area contributed by atoms with E-state index in [1.54, 1.807) is 0 Å². The zero-order chi connectivity index (χ0) is 16.8. The molecule has 1 N–H and O–H groups in total. The van der Waals surface area contributed by atoms with Crippen molar-refractivity contribution in [3.05, 3.63) is 46.7 Å². The first-order chi connectivity index (χ1) is 11.7. The fourth-order valence-corrected chi connectivity index (χ4v) is 3.02. The Balaban J connectivity index is 0.00000169. The van der Waals surface area contributed by atoms with Crippen molar-refractivity contribution in [3.63, 3.8) is 0 Å². The number of hydrogen-bond donors (Lipinski definition) is 1. The van der Waals surface area contributed by atoms with Gasteiger partial charge in [-0.25, -0.2) is 0 Å². The monoisotopic (exact) mass is 420 g/mol. The summed E-state index contributed by atoms with van der Waals surface area (Å²) >= 11 is 6.19. The summed E-state index contributed by atoms with van der Waals surface area (Å²) in [5, 5.41) is 4.22. The highest BCUT2D eigenvalue weighted by Gasteiger charge is 2.09. The second kappa shape index (κ2) is 11.9. The van der Waals surface area contributed by atoms with Gasteiger partial charge < -0.3 is 14.5 Å². The predicted molar refractivity (Wildman–Crippen MR) is 112 cm³/mol. The molecule has 146 valence electrons. The Bertz CT molecular complexity index is 658. The van der Waals surface area contributed by atoms with E-state index in [-0.39, 0.29) is 24.8 Å². The van der Waals surface area contributed by atoms with E-state index in [1.807, 2.05) is 37.3 Å². The second-order valence-corrected chi connectivity index (χ2v) is 6.62. The van der Waals surface area contributed by atoms with Crippen molar-refractivity contribution in [2.75, 3.05) is 39.4 Å². The molecule has 3 rings (SSSR count). The van der Waals surface area contributed by atoms with E-state index in [9.17, 15) is 0 Å². The summed E-state index contributed by atoms with van der Waals surface area (Å²) in [7, 11) is 0. The van der Waals surface area contributed by atoms with Gasteiger partial charge in [-0.2, -0.15) is 0 Å². The molecule has 1 fully saturated rings. The molecule has 0 saturated carbocycles. The molecule has 1 aliphatic heterocycles. The third-order valence-electron chi connectivity index (χ3n) is 4.35. The van der Waals surface area contributed by atoms with Crippen LogP contribution in [0.5, 0.6) is 0 Å². The first-order valence-electron chi connectivity index (χ1n) is 8.58. The summed E-state index contributed by atoms with van der Waals surface area (Å²) in [5.41, 5.74) is 2.10. The molecular weight excluding hydrogens is 395 g/mol. The lowest BCUT2D eigenvalue weighted by Gasteiger charge is -2.26. The number of morpholine rings is 1. The fourth-order valence-electron chi connectivity index (χ4n) is 2.84. The molecule has 0 bridgehead atoms. The number of hydrogen-bond acceptors (Lipinski definition) is 4. The highest BCUT2D eigenvalue weighted by atomic mass is 35.5. The smallest absolute Gasteiger partial charge is 0.134 e. The van der Waals surface area contributed by atoms with Gasteiger partial charge in [-0.15, -0.1) is 24.8 Å². The van der Waals surface area contributed by atoms with E-state index >= 15 is 0 Å². The van der Waals surface area contributed by atoms with Crippen LogP contribution in [0.3, 0.4) is 0 Å². The maximum atomic E-state index is 6.19. The maximum Gasteiger partial charge on any atom is 0.134 e. The molecule has 0 aliphatic carbocycles. The summed E-state index contributed by atoms with van der Waals surface area (Å²) in [5.74, 6) is 1.81. The first kappa shape index (κ1) is 23.3. The van der Waals surface area contributed by atoms with Crippen LogP contribution in [0.25, 0.3) is 11.3 Å². The van der Waals surface area contributed by atoms with Gasteiger partial charge in [0.1, 0.15) is 11.5 Å². The Labute approximate surface area is 173 Å². The van der Waals surface area contributed by atoms with Gasteiger partial charge in [0, 0.05) is 23.7 Å². The van der Waals surface area contributed by atoms with Crippen LogP contribution in [0.2, 0.25) is 5.02 Å². The lowest BCUT2D eigenvalue weighted by molar-refractivity contribution is 0.0374. The van der Waals surface area contributed by atoms with Gasteiger partial charge in [0.2, 0.25) is 0 Å². The van der Waals surface area contributed by atoms with Crippen LogP contribution < -0.4 is 5.32 Å². The largest absolute Gasteiger partial charge is 0.460 e. The molecule has 26 heavy (non-hydrogen) atoms. The van der Waals surface area contributed by atoms with Gasteiger partial charge in [-0.05, 0) is 50.2 Å². The van der Waals surface area contributed by atoms with Crippen molar-refractivity contribution in [1.82, 2.24) is 10.2 Å². The molecule has 0 amide bonds. The normalized spacial score (nSPS) is 14.5. The number of ether oxygens (including phenoxy) is 1. The molecule has 1 aliphatic rings. The van der Waals surface area contributed by atoms with Crippen LogP contribution >= 0.6 is 36.4 Å². The Morgan fingerprint density at radius 2 is 1.88 bits per heavy atom. The van der Waals surface area contributed by atoms with Gasteiger partial charge in [0.05, 0.1) is 19.8 Å². The third-order valence-corrected chi connectivity index (χ3v) is 4.76. The van der Waals surface area contributed by atoms with Crippen molar-refractivity contribution in [2.45, 2.75) is 19.9 Å². The van der Waals surface area contributed by atoms with Gasteiger partial charge in [0.25, 0.3) is 0 Å². The Kier molecular flexibility index (Phi) is 10.6. The number of halogens is 3.